The molecule has 0 spiro atoms. The van der Waals surface area contributed by atoms with Crippen LogP contribution in [0.4, 0.5) is 0 Å². The molecule has 6 heteroatoms. The Bertz CT molecular complexity index is 463. The minimum Gasteiger partial charge on any atom is -0.367 e. The molecule has 0 fully saturated rings. The molecule has 0 bridgehead atoms. The van der Waals surface area contributed by atoms with Crippen molar-refractivity contribution in [1.29, 1.82) is 0 Å². The maximum Gasteiger partial charge on any atom is 0.271 e. The van der Waals surface area contributed by atoms with Crippen molar-refractivity contribution in [1.82, 2.24) is 15.3 Å². The highest BCUT2D eigenvalue weighted by molar-refractivity contribution is 7.09. The normalized spacial score (nSPS) is 10.3. The summed E-state index contributed by atoms with van der Waals surface area (Å²) >= 11 is 1.40. The first-order valence-electron chi connectivity index (χ1n) is 4.84. The van der Waals surface area contributed by atoms with E-state index in [-0.39, 0.29) is 5.91 Å². The zero-order valence-corrected chi connectivity index (χ0v) is 9.38. The predicted molar refractivity (Wildman–Crippen MR) is 62.0 cm³/mol. The number of H-pyrrole nitrogens is 1. The van der Waals surface area contributed by atoms with Gasteiger partial charge in [-0.15, -0.1) is 11.3 Å². The Morgan fingerprint density at radius 2 is 2.50 bits per heavy atom. The summed E-state index contributed by atoms with van der Waals surface area (Å²) < 4.78 is 0. The number of rotatable bonds is 4. The first kappa shape index (κ1) is 10.8. The van der Waals surface area contributed by atoms with Gasteiger partial charge in [-0.05, 0) is 11.6 Å². The largest absolute Gasteiger partial charge is 0.367 e. The SMILES string of the molecule is NCc1nc(C(=O)NCc2cc[nH]c2)cs1. The molecule has 0 unspecified atom stereocenters. The predicted octanol–water partition coefficient (Wildman–Crippen LogP) is 0.860. The highest BCUT2D eigenvalue weighted by atomic mass is 32.1. The third-order valence-electron chi connectivity index (χ3n) is 2.07. The Balaban J connectivity index is 1.93. The molecule has 0 saturated heterocycles. The van der Waals surface area contributed by atoms with Gasteiger partial charge in [-0.25, -0.2) is 4.98 Å². The van der Waals surface area contributed by atoms with Crippen molar-refractivity contribution in [2.75, 3.05) is 0 Å². The topological polar surface area (TPSA) is 83.8 Å². The summed E-state index contributed by atoms with van der Waals surface area (Å²) in [6.45, 7) is 0.869. The highest BCUT2D eigenvalue weighted by Gasteiger charge is 2.09. The molecule has 2 heterocycles. The van der Waals surface area contributed by atoms with E-state index in [1.54, 1.807) is 5.38 Å². The van der Waals surface area contributed by atoms with Crippen LogP contribution in [0.5, 0.6) is 0 Å². The molecule has 0 saturated carbocycles. The van der Waals surface area contributed by atoms with Gasteiger partial charge in [-0.2, -0.15) is 0 Å². The minimum absolute atomic E-state index is 0.169. The minimum atomic E-state index is -0.169. The molecule has 2 rings (SSSR count). The van der Waals surface area contributed by atoms with Crippen LogP contribution in [-0.2, 0) is 13.1 Å². The van der Waals surface area contributed by atoms with Crippen molar-refractivity contribution in [3.05, 3.63) is 40.1 Å². The van der Waals surface area contributed by atoms with Crippen LogP contribution < -0.4 is 11.1 Å². The van der Waals surface area contributed by atoms with Gasteiger partial charge in [-0.1, -0.05) is 0 Å². The molecular formula is C10H12N4OS. The molecule has 16 heavy (non-hydrogen) atoms. The van der Waals surface area contributed by atoms with Gasteiger partial charge in [0.2, 0.25) is 0 Å². The molecule has 4 N–H and O–H groups in total. The van der Waals surface area contributed by atoms with Crippen LogP contribution in [0.15, 0.2) is 23.8 Å². The summed E-state index contributed by atoms with van der Waals surface area (Å²) in [4.78, 5) is 18.7. The third-order valence-corrected chi connectivity index (χ3v) is 2.95. The number of thiazole rings is 1. The van der Waals surface area contributed by atoms with E-state index >= 15 is 0 Å². The van der Waals surface area contributed by atoms with Gasteiger partial charge < -0.3 is 16.0 Å². The molecule has 0 atom stereocenters. The van der Waals surface area contributed by atoms with E-state index < -0.39 is 0 Å². The van der Waals surface area contributed by atoms with Gasteiger partial charge in [0.25, 0.3) is 5.91 Å². The Kier molecular flexibility index (Phi) is 3.33. The average Bonchev–Trinajstić information content (AvgIpc) is 2.96. The fourth-order valence-electron chi connectivity index (χ4n) is 1.25. The lowest BCUT2D eigenvalue weighted by Crippen LogP contribution is -2.22. The number of amides is 1. The Morgan fingerprint density at radius 1 is 1.62 bits per heavy atom. The summed E-state index contributed by atoms with van der Waals surface area (Å²) in [6, 6.07) is 1.91. The van der Waals surface area contributed by atoms with Gasteiger partial charge in [0.15, 0.2) is 0 Å². The molecule has 0 aliphatic rings. The van der Waals surface area contributed by atoms with E-state index in [0.29, 0.717) is 18.8 Å². The van der Waals surface area contributed by atoms with E-state index in [1.165, 1.54) is 11.3 Å². The van der Waals surface area contributed by atoms with Crippen LogP contribution in [0.2, 0.25) is 0 Å². The fraction of sp³-hybridized carbons (Fsp3) is 0.200. The lowest BCUT2D eigenvalue weighted by atomic mass is 10.3. The summed E-state index contributed by atoms with van der Waals surface area (Å²) in [5.74, 6) is -0.169. The number of carbonyl (C=O) groups excluding carboxylic acids is 1. The second kappa shape index (κ2) is 4.91. The maximum absolute atomic E-state index is 11.7. The summed E-state index contributed by atoms with van der Waals surface area (Å²) in [7, 11) is 0. The van der Waals surface area contributed by atoms with Crippen LogP contribution in [0, 0.1) is 0 Å². The lowest BCUT2D eigenvalue weighted by molar-refractivity contribution is 0.0946. The Morgan fingerprint density at radius 3 is 3.12 bits per heavy atom. The number of carbonyl (C=O) groups is 1. The first-order valence-corrected chi connectivity index (χ1v) is 5.72. The molecule has 0 aliphatic heterocycles. The van der Waals surface area contributed by atoms with Gasteiger partial charge in [0.1, 0.15) is 10.7 Å². The van der Waals surface area contributed by atoms with E-state index in [2.05, 4.69) is 15.3 Å². The number of nitrogens with two attached hydrogens (primary N) is 1. The molecule has 84 valence electrons. The fourth-order valence-corrected chi connectivity index (χ4v) is 1.90. The molecule has 0 aromatic carbocycles. The third kappa shape index (κ3) is 2.47. The van der Waals surface area contributed by atoms with Crippen LogP contribution in [0.3, 0.4) is 0 Å². The van der Waals surface area contributed by atoms with Crippen molar-refractivity contribution >= 4 is 17.2 Å². The zero-order chi connectivity index (χ0) is 11.4. The maximum atomic E-state index is 11.7. The van der Waals surface area contributed by atoms with E-state index in [0.717, 1.165) is 10.6 Å². The molecular weight excluding hydrogens is 224 g/mol. The smallest absolute Gasteiger partial charge is 0.271 e. The van der Waals surface area contributed by atoms with Crippen molar-refractivity contribution in [3.63, 3.8) is 0 Å². The second-order valence-electron chi connectivity index (χ2n) is 3.23. The van der Waals surface area contributed by atoms with Crippen molar-refractivity contribution in [2.24, 2.45) is 5.73 Å². The number of hydrogen-bond acceptors (Lipinski definition) is 4. The van der Waals surface area contributed by atoms with Gasteiger partial charge >= 0.3 is 0 Å². The van der Waals surface area contributed by atoms with Crippen LogP contribution in [-0.4, -0.2) is 15.9 Å². The van der Waals surface area contributed by atoms with E-state index in [9.17, 15) is 4.79 Å². The quantitative estimate of drug-likeness (QED) is 0.736. The average molecular weight is 236 g/mol. The van der Waals surface area contributed by atoms with Crippen molar-refractivity contribution in [3.8, 4) is 0 Å². The Hall–Kier alpha value is -1.66. The van der Waals surface area contributed by atoms with E-state index in [1.807, 2.05) is 18.5 Å². The lowest BCUT2D eigenvalue weighted by Gasteiger charge is -2.00. The highest BCUT2D eigenvalue weighted by Crippen LogP contribution is 2.08. The number of nitrogens with zero attached hydrogens (tertiary/aromatic N) is 1. The molecule has 2 aromatic heterocycles. The molecule has 5 nitrogen and oxygen atoms in total. The summed E-state index contributed by atoms with van der Waals surface area (Å²) in [6.07, 6.45) is 3.66. The van der Waals surface area contributed by atoms with Gasteiger partial charge in [0, 0.05) is 30.9 Å². The number of aromatic amines is 1. The van der Waals surface area contributed by atoms with Gasteiger partial charge in [-0.3, -0.25) is 4.79 Å². The molecule has 0 radical (unpaired) electrons. The van der Waals surface area contributed by atoms with Gasteiger partial charge in [0.05, 0.1) is 0 Å². The zero-order valence-electron chi connectivity index (χ0n) is 8.56. The van der Waals surface area contributed by atoms with E-state index in [4.69, 9.17) is 5.73 Å². The van der Waals surface area contributed by atoms with Crippen LogP contribution >= 0.6 is 11.3 Å². The van der Waals surface area contributed by atoms with Crippen LogP contribution in [0.1, 0.15) is 21.1 Å². The summed E-state index contributed by atoms with van der Waals surface area (Å²) in [5, 5.41) is 5.27. The Labute approximate surface area is 96.7 Å². The molecule has 2 aromatic rings. The van der Waals surface area contributed by atoms with Crippen molar-refractivity contribution < 1.29 is 4.79 Å². The van der Waals surface area contributed by atoms with Crippen LogP contribution in [0.25, 0.3) is 0 Å². The second-order valence-corrected chi connectivity index (χ2v) is 4.18. The monoisotopic (exact) mass is 236 g/mol. The standard InChI is InChI=1S/C10H12N4OS/c11-3-9-14-8(6-16-9)10(15)13-5-7-1-2-12-4-7/h1-2,4,6,12H,3,5,11H2,(H,13,15). The molecule has 0 aliphatic carbocycles. The number of aromatic nitrogens is 2. The first-order chi connectivity index (χ1) is 7.79. The van der Waals surface area contributed by atoms with Crippen molar-refractivity contribution in [2.45, 2.75) is 13.1 Å². The molecule has 1 amide bonds. The summed E-state index contributed by atoms with van der Waals surface area (Å²) in [5.41, 5.74) is 6.89. The number of hydrogen-bond donors (Lipinski definition) is 3. The number of nitrogens with one attached hydrogen (secondary N) is 2.